The van der Waals surface area contributed by atoms with E-state index >= 15 is 0 Å². The maximum absolute atomic E-state index is 10.5. The van der Waals surface area contributed by atoms with E-state index in [0.29, 0.717) is 22.8 Å². The van der Waals surface area contributed by atoms with Gasteiger partial charge < -0.3 is 10.8 Å². The van der Waals surface area contributed by atoms with Gasteiger partial charge in [-0.3, -0.25) is 4.98 Å². The van der Waals surface area contributed by atoms with Crippen LogP contribution >= 0.6 is 11.6 Å². The van der Waals surface area contributed by atoms with Crippen molar-refractivity contribution in [3.63, 3.8) is 0 Å². The fraction of sp³-hybridized carbons (Fsp3) is 0.125. The van der Waals surface area contributed by atoms with Crippen molar-refractivity contribution in [1.82, 2.24) is 9.97 Å². The van der Waals surface area contributed by atoms with E-state index in [1.807, 2.05) is 18.2 Å². The number of hydrogen-bond acceptors (Lipinski definition) is 4. The summed E-state index contributed by atoms with van der Waals surface area (Å²) in [5.41, 5.74) is 8.08. The third kappa shape index (κ3) is 2.68. The molecule has 1 atom stereocenters. The van der Waals surface area contributed by atoms with Gasteiger partial charge in [-0.25, -0.2) is 4.98 Å². The second-order valence-corrected chi connectivity index (χ2v) is 5.21. The van der Waals surface area contributed by atoms with Gasteiger partial charge in [-0.2, -0.15) is 0 Å². The molecule has 3 rings (SSSR count). The van der Waals surface area contributed by atoms with E-state index in [2.05, 4.69) is 9.97 Å². The lowest BCUT2D eigenvalue weighted by Gasteiger charge is -2.14. The molecule has 0 aliphatic carbocycles. The molecule has 0 radical (unpaired) electrons. The van der Waals surface area contributed by atoms with E-state index < -0.39 is 6.10 Å². The summed E-state index contributed by atoms with van der Waals surface area (Å²) in [5, 5.41) is 12.0. The first-order valence-corrected chi connectivity index (χ1v) is 6.95. The minimum absolute atomic E-state index is 0.382. The first kappa shape index (κ1) is 13.8. The lowest BCUT2D eigenvalue weighted by Crippen LogP contribution is -2.06. The highest BCUT2D eigenvalue weighted by Crippen LogP contribution is 2.30. The number of aliphatic hydroxyl groups is 1. The molecule has 1 unspecified atom stereocenters. The number of nitrogen functional groups attached to an aromatic ring is 1. The van der Waals surface area contributed by atoms with Gasteiger partial charge in [0.1, 0.15) is 5.82 Å². The summed E-state index contributed by atoms with van der Waals surface area (Å²) < 4.78 is 0. The zero-order chi connectivity index (χ0) is 14.8. The summed E-state index contributed by atoms with van der Waals surface area (Å²) in [5.74, 6) is 0.433. The van der Waals surface area contributed by atoms with Gasteiger partial charge in [-0.05, 0) is 29.8 Å². The van der Waals surface area contributed by atoms with Crippen molar-refractivity contribution in [2.75, 3.05) is 5.73 Å². The van der Waals surface area contributed by atoms with Gasteiger partial charge in [0.05, 0.1) is 11.6 Å². The number of aromatic nitrogens is 2. The first-order chi connectivity index (χ1) is 10.2. The zero-order valence-electron chi connectivity index (χ0n) is 11.2. The molecule has 5 heteroatoms. The van der Waals surface area contributed by atoms with E-state index in [9.17, 15) is 5.11 Å². The van der Waals surface area contributed by atoms with Gasteiger partial charge in [0.15, 0.2) is 0 Å². The normalized spacial score (nSPS) is 12.5. The molecule has 1 aromatic carbocycles. The smallest absolute Gasteiger partial charge is 0.126 e. The fourth-order valence-electron chi connectivity index (χ4n) is 2.37. The van der Waals surface area contributed by atoms with Crippen molar-refractivity contribution in [2.45, 2.75) is 12.5 Å². The van der Waals surface area contributed by atoms with Crippen molar-refractivity contribution >= 4 is 28.3 Å². The molecule has 0 saturated carbocycles. The van der Waals surface area contributed by atoms with E-state index in [1.165, 1.54) is 0 Å². The number of nitrogens with zero attached hydrogens (tertiary/aromatic N) is 2. The van der Waals surface area contributed by atoms with Crippen molar-refractivity contribution in [3.05, 3.63) is 64.9 Å². The minimum atomic E-state index is -0.717. The Morgan fingerprint density at radius 3 is 2.67 bits per heavy atom. The van der Waals surface area contributed by atoms with Crippen molar-refractivity contribution in [3.8, 4) is 0 Å². The second kappa shape index (κ2) is 5.68. The molecular formula is C16H14ClN3O. The van der Waals surface area contributed by atoms with Crippen molar-refractivity contribution in [1.29, 1.82) is 0 Å². The van der Waals surface area contributed by atoms with Crippen LogP contribution in [0.5, 0.6) is 0 Å². The Kier molecular flexibility index (Phi) is 3.73. The molecule has 3 aromatic rings. The van der Waals surface area contributed by atoms with Gasteiger partial charge in [0, 0.05) is 34.8 Å². The molecule has 0 fully saturated rings. The predicted octanol–water partition coefficient (Wildman–Crippen LogP) is 3.14. The summed E-state index contributed by atoms with van der Waals surface area (Å²) in [6, 6.07) is 10.9. The van der Waals surface area contributed by atoms with E-state index in [-0.39, 0.29) is 0 Å². The Morgan fingerprint density at radius 1 is 1.10 bits per heavy atom. The van der Waals surface area contributed by atoms with Gasteiger partial charge in [-0.1, -0.05) is 23.7 Å². The number of pyridine rings is 2. The maximum atomic E-state index is 10.5. The van der Waals surface area contributed by atoms with Gasteiger partial charge >= 0.3 is 0 Å². The summed E-state index contributed by atoms with van der Waals surface area (Å²) in [6.45, 7) is 0. The molecule has 106 valence electrons. The molecule has 0 saturated heterocycles. The van der Waals surface area contributed by atoms with Gasteiger partial charge in [-0.15, -0.1) is 0 Å². The summed E-state index contributed by atoms with van der Waals surface area (Å²) in [7, 11) is 0. The predicted molar refractivity (Wildman–Crippen MR) is 84.1 cm³/mol. The SMILES string of the molecule is Nc1ncccc1CC(O)c1ccc(Cl)c2cccnc12. The number of nitrogens with two attached hydrogens (primary N) is 1. The highest BCUT2D eigenvalue weighted by Gasteiger charge is 2.15. The lowest BCUT2D eigenvalue weighted by atomic mass is 9.99. The number of halogens is 1. The Labute approximate surface area is 127 Å². The largest absolute Gasteiger partial charge is 0.388 e. The molecule has 2 heterocycles. The average Bonchev–Trinajstić information content (AvgIpc) is 2.50. The third-order valence-electron chi connectivity index (χ3n) is 3.45. The van der Waals surface area contributed by atoms with Crippen LogP contribution in [0.25, 0.3) is 10.9 Å². The van der Waals surface area contributed by atoms with Gasteiger partial charge in [0.25, 0.3) is 0 Å². The molecular weight excluding hydrogens is 286 g/mol. The van der Waals surface area contributed by atoms with E-state index in [4.69, 9.17) is 17.3 Å². The highest BCUT2D eigenvalue weighted by atomic mass is 35.5. The Bertz CT molecular complexity index is 791. The van der Waals surface area contributed by atoms with Crippen molar-refractivity contribution < 1.29 is 5.11 Å². The van der Waals surface area contributed by atoms with Crippen LogP contribution in [-0.2, 0) is 6.42 Å². The summed E-state index contributed by atoms with van der Waals surface area (Å²) in [6.07, 6.45) is 2.98. The van der Waals surface area contributed by atoms with Crippen LogP contribution in [0.3, 0.4) is 0 Å². The standard InChI is InChI=1S/C16H14ClN3O/c17-13-6-5-12(15-11(13)4-2-7-19-15)14(21)9-10-3-1-8-20-16(10)18/h1-8,14,21H,9H2,(H2,18,20). The molecule has 0 amide bonds. The number of anilines is 1. The van der Waals surface area contributed by atoms with Crippen LogP contribution < -0.4 is 5.73 Å². The first-order valence-electron chi connectivity index (χ1n) is 6.57. The molecule has 3 N–H and O–H groups in total. The zero-order valence-corrected chi connectivity index (χ0v) is 12.0. The van der Waals surface area contributed by atoms with Crippen LogP contribution in [0.2, 0.25) is 5.02 Å². The molecule has 0 aliphatic rings. The molecule has 2 aromatic heterocycles. The number of rotatable bonds is 3. The van der Waals surface area contributed by atoms with Crippen molar-refractivity contribution in [2.24, 2.45) is 0 Å². The minimum Gasteiger partial charge on any atom is -0.388 e. The van der Waals surface area contributed by atoms with Gasteiger partial charge in [0.2, 0.25) is 0 Å². The van der Waals surface area contributed by atoms with E-state index in [1.54, 1.807) is 30.6 Å². The van der Waals surface area contributed by atoms with E-state index in [0.717, 1.165) is 16.5 Å². The topological polar surface area (TPSA) is 72.0 Å². The summed E-state index contributed by atoms with van der Waals surface area (Å²) in [4.78, 5) is 8.37. The van der Waals surface area contributed by atoms with Crippen LogP contribution in [0.4, 0.5) is 5.82 Å². The van der Waals surface area contributed by atoms with Crippen LogP contribution in [0.15, 0.2) is 48.8 Å². The Morgan fingerprint density at radius 2 is 1.86 bits per heavy atom. The molecule has 21 heavy (non-hydrogen) atoms. The third-order valence-corrected chi connectivity index (χ3v) is 3.78. The number of fused-ring (bicyclic) bond motifs is 1. The second-order valence-electron chi connectivity index (χ2n) is 4.80. The maximum Gasteiger partial charge on any atom is 0.126 e. The lowest BCUT2D eigenvalue weighted by molar-refractivity contribution is 0.180. The molecule has 0 bridgehead atoms. The Balaban J connectivity index is 2.01. The van der Waals surface area contributed by atoms with Crippen LogP contribution in [0.1, 0.15) is 17.2 Å². The average molecular weight is 300 g/mol. The monoisotopic (exact) mass is 299 g/mol. The number of aliphatic hydroxyl groups excluding tert-OH is 1. The highest BCUT2D eigenvalue weighted by molar-refractivity contribution is 6.35. The molecule has 0 aliphatic heterocycles. The quantitative estimate of drug-likeness (QED) is 0.779. The fourth-order valence-corrected chi connectivity index (χ4v) is 2.59. The summed E-state index contributed by atoms with van der Waals surface area (Å²) >= 11 is 6.17. The van der Waals surface area contributed by atoms with Crippen LogP contribution in [-0.4, -0.2) is 15.1 Å². The Hall–Kier alpha value is -2.17. The number of hydrogen-bond donors (Lipinski definition) is 2. The molecule has 4 nitrogen and oxygen atoms in total. The molecule has 0 spiro atoms. The van der Waals surface area contributed by atoms with Crippen LogP contribution in [0, 0.1) is 0 Å². The number of benzene rings is 1.